The van der Waals surface area contributed by atoms with Gasteiger partial charge in [0.25, 0.3) is 5.91 Å². The molecule has 0 aliphatic carbocycles. The highest BCUT2D eigenvalue weighted by atomic mass is 35.5. The summed E-state index contributed by atoms with van der Waals surface area (Å²) in [7, 11) is 0. The second kappa shape index (κ2) is 6.41. The first-order valence-electron chi connectivity index (χ1n) is 5.87. The van der Waals surface area contributed by atoms with Gasteiger partial charge in [0.1, 0.15) is 5.75 Å². The molecular formula is C14H11ClF2N2O2. The number of nitrogens with one attached hydrogen (secondary N) is 1. The van der Waals surface area contributed by atoms with E-state index in [0.29, 0.717) is 5.69 Å². The van der Waals surface area contributed by atoms with Gasteiger partial charge >= 0.3 is 6.61 Å². The fraction of sp³-hybridized carbons (Fsp3) is 0.0714. The first-order chi connectivity index (χ1) is 9.97. The van der Waals surface area contributed by atoms with Crippen molar-refractivity contribution in [2.45, 2.75) is 6.61 Å². The number of nitrogens with two attached hydrogens (primary N) is 1. The molecule has 2 aromatic rings. The van der Waals surface area contributed by atoms with E-state index in [1.807, 2.05) is 0 Å². The summed E-state index contributed by atoms with van der Waals surface area (Å²) in [6.07, 6.45) is 0. The Labute approximate surface area is 124 Å². The fourth-order valence-corrected chi connectivity index (χ4v) is 1.95. The lowest BCUT2D eigenvalue weighted by atomic mass is 10.2. The van der Waals surface area contributed by atoms with Crippen molar-refractivity contribution in [3.05, 3.63) is 53.1 Å². The lowest BCUT2D eigenvalue weighted by Crippen LogP contribution is -2.14. The van der Waals surface area contributed by atoms with E-state index < -0.39 is 12.5 Å². The Kier molecular flexibility index (Phi) is 4.59. The number of para-hydroxylation sites is 2. The van der Waals surface area contributed by atoms with E-state index in [4.69, 9.17) is 17.3 Å². The summed E-state index contributed by atoms with van der Waals surface area (Å²) >= 11 is 5.92. The van der Waals surface area contributed by atoms with Crippen molar-refractivity contribution in [1.82, 2.24) is 0 Å². The number of anilines is 2. The summed E-state index contributed by atoms with van der Waals surface area (Å²) in [5, 5.41) is 2.64. The number of ether oxygens (including phenoxy) is 1. The minimum Gasteiger partial charge on any atom is -0.433 e. The number of rotatable bonds is 4. The predicted octanol–water partition coefficient (Wildman–Crippen LogP) is 3.78. The van der Waals surface area contributed by atoms with Crippen molar-refractivity contribution in [2.75, 3.05) is 11.1 Å². The number of benzene rings is 2. The number of carbonyl (C=O) groups is 1. The molecule has 0 atom stereocenters. The standard InChI is InChI=1S/C14H11ClF2N2O2/c15-10-7-8(18)5-6-9(10)13(20)19-11-3-1-2-4-12(11)21-14(16)17/h1-7,14H,18H2,(H,19,20). The van der Waals surface area contributed by atoms with Crippen molar-refractivity contribution in [2.24, 2.45) is 0 Å². The minimum absolute atomic E-state index is 0.121. The fourth-order valence-electron chi connectivity index (χ4n) is 1.67. The normalized spacial score (nSPS) is 10.5. The van der Waals surface area contributed by atoms with Crippen LogP contribution in [0.2, 0.25) is 5.02 Å². The lowest BCUT2D eigenvalue weighted by molar-refractivity contribution is -0.0493. The Morgan fingerprint density at radius 3 is 2.62 bits per heavy atom. The molecule has 0 aromatic heterocycles. The van der Waals surface area contributed by atoms with E-state index in [-0.39, 0.29) is 22.0 Å². The molecule has 0 saturated heterocycles. The van der Waals surface area contributed by atoms with E-state index in [1.54, 1.807) is 6.07 Å². The zero-order chi connectivity index (χ0) is 15.4. The number of alkyl halides is 2. The van der Waals surface area contributed by atoms with Crippen LogP contribution in [0, 0.1) is 0 Å². The molecule has 0 spiro atoms. The molecule has 7 heteroatoms. The Hall–Kier alpha value is -2.34. The van der Waals surface area contributed by atoms with Gasteiger partial charge in [0, 0.05) is 5.69 Å². The van der Waals surface area contributed by atoms with Gasteiger partial charge in [-0.3, -0.25) is 4.79 Å². The first kappa shape index (κ1) is 15.1. The predicted molar refractivity (Wildman–Crippen MR) is 76.9 cm³/mol. The van der Waals surface area contributed by atoms with Crippen molar-refractivity contribution in [3.8, 4) is 5.75 Å². The third kappa shape index (κ3) is 3.82. The molecule has 0 bridgehead atoms. The van der Waals surface area contributed by atoms with Gasteiger partial charge in [0.2, 0.25) is 0 Å². The molecule has 4 nitrogen and oxygen atoms in total. The summed E-state index contributed by atoms with van der Waals surface area (Å²) in [5.41, 5.74) is 6.25. The quantitative estimate of drug-likeness (QED) is 0.845. The van der Waals surface area contributed by atoms with Gasteiger partial charge in [-0.15, -0.1) is 0 Å². The second-order valence-electron chi connectivity index (χ2n) is 4.07. The van der Waals surface area contributed by atoms with Crippen LogP contribution >= 0.6 is 11.6 Å². The van der Waals surface area contributed by atoms with Gasteiger partial charge in [-0.25, -0.2) is 0 Å². The second-order valence-corrected chi connectivity index (χ2v) is 4.48. The maximum Gasteiger partial charge on any atom is 0.387 e. The maximum absolute atomic E-state index is 12.3. The smallest absolute Gasteiger partial charge is 0.387 e. The van der Waals surface area contributed by atoms with Crippen LogP contribution in [0.3, 0.4) is 0 Å². The Balaban J connectivity index is 2.23. The molecule has 1 amide bonds. The Bertz CT molecular complexity index is 665. The highest BCUT2D eigenvalue weighted by Crippen LogP contribution is 2.27. The molecule has 2 aromatic carbocycles. The topological polar surface area (TPSA) is 64.4 Å². The molecule has 0 aliphatic heterocycles. The van der Waals surface area contributed by atoms with Crippen LogP contribution in [0.15, 0.2) is 42.5 Å². The van der Waals surface area contributed by atoms with E-state index in [0.717, 1.165) is 0 Å². The van der Waals surface area contributed by atoms with Crippen LogP contribution in [0.25, 0.3) is 0 Å². The van der Waals surface area contributed by atoms with Crippen LogP contribution in [0.5, 0.6) is 5.75 Å². The monoisotopic (exact) mass is 312 g/mol. The van der Waals surface area contributed by atoms with E-state index in [2.05, 4.69) is 10.1 Å². The molecule has 2 rings (SSSR count). The van der Waals surface area contributed by atoms with Crippen molar-refractivity contribution >= 4 is 28.9 Å². The van der Waals surface area contributed by atoms with Crippen LogP contribution in [-0.4, -0.2) is 12.5 Å². The summed E-state index contributed by atoms with van der Waals surface area (Å²) < 4.78 is 28.9. The SMILES string of the molecule is Nc1ccc(C(=O)Nc2ccccc2OC(F)F)c(Cl)c1. The molecular weight excluding hydrogens is 302 g/mol. The Morgan fingerprint density at radius 2 is 1.95 bits per heavy atom. The largest absolute Gasteiger partial charge is 0.433 e. The maximum atomic E-state index is 12.3. The molecule has 110 valence electrons. The summed E-state index contributed by atoms with van der Waals surface area (Å²) in [6, 6.07) is 10.3. The molecule has 3 N–H and O–H groups in total. The summed E-state index contributed by atoms with van der Waals surface area (Å²) in [5.74, 6) is -0.683. The Morgan fingerprint density at radius 1 is 1.24 bits per heavy atom. The van der Waals surface area contributed by atoms with Gasteiger partial charge in [-0.05, 0) is 30.3 Å². The molecule has 0 saturated carbocycles. The van der Waals surface area contributed by atoms with E-state index in [1.165, 1.54) is 36.4 Å². The average molecular weight is 313 g/mol. The molecule has 21 heavy (non-hydrogen) atoms. The number of amides is 1. The average Bonchev–Trinajstić information content (AvgIpc) is 2.40. The number of hydrogen-bond acceptors (Lipinski definition) is 3. The summed E-state index contributed by atoms with van der Waals surface area (Å²) in [4.78, 5) is 12.1. The van der Waals surface area contributed by atoms with Crippen molar-refractivity contribution in [3.63, 3.8) is 0 Å². The van der Waals surface area contributed by atoms with Crippen LogP contribution in [0.1, 0.15) is 10.4 Å². The van der Waals surface area contributed by atoms with Crippen LogP contribution in [0.4, 0.5) is 20.2 Å². The first-order valence-corrected chi connectivity index (χ1v) is 6.25. The highest BCUT2D eigenvalue weighted by Gasteiger charge is 2.14. The van der Waals surface area contributed by atoms with E-state index in [9.17, 15) is 13.6 Å². The summed E-state index contributed by atoms with van der Waals surface area (Å²) in [6.45, 7) is -2.98. The number of carbonyl (C=O) groups excluding carboxylic acids is 1. The van der Waals surface area contributed by atoms with Gasteiger partial charge in [0.15, 0.2) is 0 Å². The van der Waals surface area contributed by atoms with Gasteiger partial charge in [-0.2, -0.15) is 8.78 Å². The molecule has 0 aliphatic rings. The van der Waals surface area contributed by atoms with Crippen LogP contribution < -0.4 is 15.8 Å². The van der Waals surface area contributed by atoms with Crippen molar-refractivity contribution < 1.29 is 18.3 Å². The van der Waals surface area contributed by atoms with E-state index >= 15 is 0 Å². The number of nitrogen functional groups attached to an aromatic ring is 1. The molecule has 0 radical (unpaired) electrons. The van der Waals surface area contributed by atoms with Gasteiger partial charge < -0.3 is 15.8 Å². The third-order valence-corrected chi connectivity index (χ3v) is 2.90. The van der Waals surface area contributed by atoms with Gasteiger partial charge in [-0.1, -0.05) is 23.7 Å². The lowest BCUT2D eigenvalue weighted by Gasteiger charge is -2.12. The van der Waals surface area contributed by atoms with Crippen molar-refractivity contribution in [1.29, 1.82) is 0 Å². The van der Waals surface area contributed by atoms with Crippen LogP contribution in [-0.2, 0) is 0 Å². The highest BCUT2D eigenvalue weighted by molar-refractivity contribution is 6.34. The zero-order valence-corrected chi connectivity index (χ0v) is 11.4. The molecule has 0 fully saturated rings. The third-order valence-electron chi connectivity index (χ3n) is 2.59. The van der Waals surface area contributed by atoms with Gasteiger partial charge in [0.05, 0.1) is 16.3 Å². The molecule has 0 unspecified atom stereocenters. The molecule has 0 heterocycles. The zero-order valence-electron chi connectivity index (χ0n) is 10.6. The number of halogens is 3. The minimum atomic E-state index is -2.98. The number of hydrogen-bond donors (Lipinski definition) is 2.